The highest BCUT2D eigenvalue weighted by Gasteiger charge is 2.61. The molecule has 0 spiro atoms. The number of hydrogen-bond donors (Lipinski definition) is 1. The fraction of sp³-hybridized carbons (Fsp3) is 0.571. The second-order valence-electron chi connectivity index (χ2n) is 5.63. The van der Waals surface area contributed by atoms with Crippen molar-refractivity contribution >= 4 is 11.8 Å². The molecule has 2 bridgehead atoms. The Morgan fingerprint density at radius 1 is 1.17 bits per heavy atom. The Labute approximate surface area is 107 Å². The summed E-state index contributed by atoms with van der Waals surface area (Å²) < 4.78 is 0. The first kappa shape index (κ1) is 11.7. The maximum atomic E-state index is 12.4. The van der Waals surface area contributed by atoms with Crippen molar-refractivity contribution in [3.05, 3.63) is 23.3 Å². The van der Waals surface area contributed by atoms with Crippen LogP contribution in [0.25, 0.3) is 0 Å². The van der Waals surface area contributed by atoms with Gasteiger partial charge in [-0.1, -0.05) is 23.3 Å². The van der Waals surface area contributed by atoms with Crippen LogP contribution in [0.3, 0.4) is 0 Å². The van der Waals surface area contributed by atoms with E-state index in [0.717, 1.165) is 0 Å². The molecule has 1 saturated carbocycles. The van der Waals surface area contributed by atoms with E-state index in [1.807, 2.05) is 0 Å². The van der Waals surface area contributed by atoms with Gasteiger partial charge in [-0.25, -0.2) is 0 Å². The van der Waals surface area contributed by atoms with E-state index in [1.54, 1.807) is 0 Å². The number of carbonyl (C=O) groups is 2. The lowest BCUT2D eigenvalue weighted by atomic mass is 9.85. The second kappa shape index (κ2) is 3.79. The zero-order chi connectivity index (χ0) is 13.0. The molecule has 1 aliphatic heterocycles. The van der Waals surface area contributed by atoms with E-state index in [2.05, 4.69) is 31.7 Å². The van der Waals surface area contributed by atoms with Crippen LogP contribution in [0.15, 0.2) is 23.3 Å². The molecule has 96 valence electrons. The molecular formula is C14H19N2O2+. The first-order chi connectivity index (χ1) is 8.57. The van der Waals surface area contributed by atoms with Crippen molar-refractivity contribution in [3.63, 3.8) is 0 Å². The Kier molecular flexibility index (Phi) is 2.45. The van der Waals surface area contributed by atoms with Gasteiger partial charge in [-0.15, -0.1) is 0 Å². The molecule has 3 rings (SSSR count). The highest BCUT2D eigenvalue weighted by atomic mass is 16.2. The summed E-state index contributed by atoms with van der Waals surface area (Å²) in [5.74, 6) is 0.0916. The predicted octanol–water partition coefficient (Wildman–Crippen LogP) is -0.0183. The number of nitrogens with zero attached hydrogens (tertiary/aromatic N) is 1. The van der Waals surface area contributed by atoms with Crippen LogP contribution in [-0.2, 0) is 9.59 Å². The average molecular weight is 247 g/mol. The topological polar surface area (TPSA) is 65.0 Å². The number of rotatable bonds is 2. The molecule has 0 aromatic heterocycles. The van der Waals surface area contributed by atoms with Crippen LogP contribution in [0.4, 0.5) is 0 Å². The molecule has 2 fully saturated rings. The van der Waals surface area contributed by atoms with E-state index in [4.69, 9.17) is 0 Å². The van der Waals surface area contributed by atoms with Gasteiger partial charge in [0.25, 0.3) is 0 Å². The molecule has 3 N–H and O–H groups in total. The third kappa shape index (κ3) is 1.24. The van der Waals surface area contributed by atoms with Crippen LogP contribution in [0.1, 0.15) is 13.8 Å². The molecule has 2 amide bonds. The Balaban J connectivity index is 2.01. The fourth-order valence-corrected chi connectivity index (χ4v) is 3.87. The van der Waals surface area contributed by atoms with Crippen LogP contribution in [0.2, 0.25) is 0 Å². The minimum Gasteiger partial charge on any atom is -0.356 e. The maximum absolute atomic E-state index is 12.4. The van der Waals surface area contributed by atoms with Crippen molar-refractivity contribution in [1.29, 1.82) is 0 Å². The lowest BCUT2D eigenvalue weighted by Crippen LogP contribution is -2.56. The van der Waals surface area contributed by atoms with Crippen LogP contribution >= 0.6 is 0 Å². The quantitative estimate of drug-likeness (QED) is 0.550. The molecule has 2 unspecified atom stereocenters. The van der Waals surface area contributed by atoms with Crippen LogP contribution in [0.5, 0.6) is 0 Å². The average Bonchev–Trinajstić information content (AvgIpc) is 2.95. The SMILES string of the molecule is CC(C)=C1C2C=CC1[C@@H]1C(=O)N(CC[NH3+])C(=O)[C@H]21. The van der Waals surface area contributed by atoms with Gasteiger partial charge in [0.05, 0.1) is 24.9 Å². The summed E-state index contributed by atoms with van der Waals surface area (Å²) in [4.78, 5) is 26.2. The predicted molar refractivity (Wildman–Crippen MR) is 65.9 cm³/mol. The lowest BCUT2D eigenvalue weighted by Gasteiger charge is -2.17. The minimum absolute atomic E-state index is 0.0178. The van der Waals surface area contributed by atoms with Gasteiger partial charge in [0.1, 0.15) is 0 Å². The molecule has 0 radical (unpaired) electrons. The number of hydrogen-bond acceptors (Lipinski definition) is 2. The molecule has 1 saturated heterocycles. The highest BCUT2D eigenvalue weighted by Crippen LogP contribution is 2.56. The summed E-state index contributed by atoms with van der Waals surface area (Å²) in [7, 11) is 0. The van der Waals surface area contributed by atoms with Gasteiger partial charge in [-0.05, 0) is 13.8 Å². The number of amides is 2. The van der Waals surface area contributed by atoms with Crippen LogP contribution in [0, 0.1) is 23.7 Å². The first-order valence-corrected chi connectivity index (χ1v) is 6.58. The third-order valence-corrected chi connectivity index (χ3v) is 4.47. The van der Waals surface area contributed by atoms with E-state index in [0.29, 0.717) is 13.1 Å². The Morgan fingerprint density at radius 2 is 1.67 bits per heavy atom. The summed E-state index contributed by atoms with van der Waals surface area (Å²) in [6.07, 6.45) is 4.24. The van der Waals surface area contributed by atoms with Crippen molar-refractivity contribution in [1.82, 2.24) is 4.90 Å². The standard InChI is InChI=1S/C14H18N2O2/c1-7(2)10-8-3-4-9(10)12-11(8)13(17)16(6-5-15)14(12)18/h3-4,8-9,11-12H,5-6,15H2,1-2H3/p+1/t8?,9?,11-,12+. The van der Waals surface area contributed by atoms with Crippen LogP contribution in [-0.4, -0.2) is 29.8 Å². The summed E-state index contributed by atoms with van der Waals surface area (Å²) in [6, 6.07) is 0. The van der Waals surface area contributed by atoms with E-state index in [-0.39, 0.29) is 35.5 Å². The molecule has 4 nitrogen and oxygen atoms in total. The summed E-state index contributed by atoms with van der Waals surface area (Å²) in [5, 5.41) is 0. The molecule has 4 heteroatoms. The normalized spacial score (nSPS) is 36.8. The monoisotopic (exact) mass is 247 g/mol. The van der Waals surface area contributed by atoms with Gasteiger partial charge < -0.3 is 5.73 Å². The zero-order valence-electron chi connectivity index (χ0n) is 10.8. The lowest BCUT2D eigenvalue weighted by molar-refractivity contribution is -0.367. The van der Waals surface area contributed by atoms with Crippen molar-refractivity contribution in [2.45, 2.75) is 13.8 Å². The van der Waals surface area contributed by atoms with Crippen molar-refractivity contribution in [3.8, 4) is 0 Å². The molecule has 18 heavy (non-hydrogen) atoms. The molecule has 3 aliphatic rings. The van der Waals surface area contributed by atoms with E-state index in [1.165, 1.54) is 16.0 Å². The van der Waals surface area contributed by atoms with Crippen molar-refractivity contribution < 1.29 is 15.3 Å². The molecule has 2 aliphatic carbocycles. The van der Waals surface area contributed by atoms with E-state index >= 15 is 0 Å². The molecule has 1 heterocycles. The van der Waals surface area contributed by atoms with Gasteiger partial charge in [0.15, 0.2) is 0 Å². The van der Waals surface area contributed by atoms with Gasteiger partial charge in [0, 0.05) is 11.8 Å². The van der Waals surface area contributed by atoms with Gasteiger partial charge in [0.2, 0.25) is 11.8 Å². The third-order valence-electron chi connectivity index (χ3n) is 4.47. The molecule has 0 aromatic carbocycles. The van der Waals surface area contributed by atoms with E-state index < -0.39 is 0 Å². The number of likely N-dealkylation sites (tertiary alicyclic amines) is 1. The number of carbonyl (C=O) groups excluding carboxylic acids is 2. The number of allylic oxidation sites excluding steroid dienone is 4. The number of quaternary nitrogens is 1. The van der Waals surface area contributed by atoms with Gasteiger partial charge in [-0.2, -0.15) is 0 Å². The zero-order valence-corrected chi connectivity index (χ0v) is 10.8. The Morgan fingerprint density at radius 3 is 2.06 bits per heavy atom. The highest BCUT2D eigenvalue weighted by molar-refractivity contribution is 6.07. The summed E-state index contributed by atoms with van der Waals surface area (Å²) in [6.45, 7) is 5.21. The summed E-state index contributed by atoms with van der Waals surface area (Å²) >= 11 is 0. The van der Waals surface area contributed by atoms with Crippen molar-refractivity contribution in [2.24, 2.45) is 23.7 Å². The largest absolute Gasteiger partial charge is 0.356 e. The number of imide groups is 1. The van der Waals surface area contributed by atoms with Crippen LogP contribution < -0.4 is 5.73 Å². The smallest absolute Gasteiger partial charge is 0.234 e. The maximum Gasteiger partial charge on any atom is 0.234 e. The minimum atomic E-state index is -0.135. The Bertz CT molecular complexity index is 454. The van der Waals surface area contributed by atoms with Gasteiger partial charge in [-0.3, -0.25) is 14.5 Å². The summed E-state index contributed by atoms with van der Waals surface area (Å²) in [5.41, 5.74) is 6.30. The molecule has 4 atom stereocenters. The second-order valence-corrected chi connectivity index (χ2v) is 5.63. The first-order valence-electron chi connectivity index (χ1n) is 6.58. The van der Waals surface area contributed by atoms with Crippen molar-refractivity contribution in [2.75, 3.05) is 13.1 Å². The molecular weight excluding hydrogens is 228 g/mol. The van der Waals surface area contributed by atoms with E-state index in [9.17, 15) is 9.59 Å². The van der Waals surface area contributed by atoms with Gasteiger partial charge >= 0.3 is 0 Å². The fourth-order valence-electron chi connectivity index (χ4n) is 3.87. The number of fused-ring (bicyclic) bond motifs is 5. The molecule has 0 aromatic rings. The Hall–Kier alpha value is -1.42.